The summed E-state index contributed by atoms with van der Waals surface area (Å²) in [5.41, 5.74) is 0.553. The first kappa shape index (κ1) is 23.7. The Morgan fingerprint density at radius 3 is 2.35 bits per heavy atom. The van der Waals surface area contributed by atoms with Gasteiger partial charge in [-0.05, 0) is 60.7 Å². The average Bonchev–Trinajstić information content (AvgIpc) is 3.04. The van der Waals surface area contributed by atoms with Crippen molar-refractivity contribution in [3.63, 3.8) is 0 Å². The number of carboxylic acids is 1. The molecular formula is C24H16Cl2N2O5S. The fraction of sp³-hybridized carbons (Fsp3) is 0.0417. The summed E-state index contributed by atoms with van der Waals surface area (Å²) >= 11 is 13.2. The number of nitrogens with one attached hydrogen (secondary N) is 1. The monoisotopic (exact) mass is 514 g/mol. The minimum atomic E-state index is -1.12. The lowest BCUT2D eigenvalue weighted by molar-refractivity contribution is -0.120. The molecular weight excluding hydrogens is 499 g/mol. The van der Waals surface area contributed by atoms with Crippen LogP contribution in [0.25, 0.3) is 0 Å². The van der Waals surface area contributed by atoms with Crippen LogP contribution in [0.3, 0.4) is 0 Å². The van der Waals surface area contributed by atoms with Gasteiger partial charge in [0, 0.05) is 20.6 Å². The lowest BCUT2D eigenvalue weighted by atomic mass is 10.2. The number of aromatic carboxylic acids is 1. The van der Waals surface area contributed by atoms with Crippen molar-refractivity contribution in [2.75, 3.05) is 17.3 Å². The largest absolute Gasteiger partial charge is 0.495 e. The average molecular weight is 515 g/mol. The molecule has 0 fully saturated rings. The van der Waals surface area contributed by atoms with Crippen molar-refractivity contribution in [3.8, 4) is 5.75 Å². The highest BCUT2D eigenvalue weighted by Gasteiger charge is 2.41. The Morgan fingerprint density at radius 2 is 1.68 bits per heavy atom. The highest BCUT2D eigenvalue weighted by molar-refractivity contribution is 8.04. The van der Waals surface area contributed by atoms with Crippen LogP contribution in [-0.2, 0) is 9.59 Å². The van der Waals surface area contributed by atoms with Crippen LogP contribution in [0.2, 0.25) is 10.0 Å². The summed E-state index contributed by atoms with van der Waals surface area (Å²) in [5, 5.41) is 13.1. The van der Waals surface area contributed by atoms with E-state index in [1.165, 1.54) is 31.4 Å². The summed E-state index contributed by atoms with van der Waals surface area (Å²) in [7, 11) is 1.42. The molecule has 0 radical (unpaired) electrons. The smallest absolute Gasteiger partial charge is 0.335 e. The molecule has 1 heterocycles. The van der Waals surface area contributed by atoms with E-state index >= 15 is 0 Å². The number of carboxylic acid groups (broad SMARTS) is 1. The van der Waals surface area contributed by atoms with E-state index in [4.69, 9.17) is 27.9 Å². The highest BCUT2D eigenvalue weighted by atomic mass is 35.5. The van der Waals surface area contributed by atoms with Gasteiger partial charge in [-0.3, -0.25) is 9.59 Å². The maximum Gasteiger partial charge on any atom is 0.335 e. The Kier molecular flexibility index (Phi) is 6.83. The number of benzene rings is 3. The molecule has 7 nitrogen and oxygen atoms in total. The van der Waals surface area contributed by atoms with Gasteiger partial charge in [0.2, 0.25) is 0 Å². The number of carbonyl (C=O) groups excluding carboxylic acids is 2. The van der Waals surface area contributed by atoms with E-state index in [-0.39, 0.29) is 27.6 Å². The van der Waals surface area contributed by atoms with Crippen molar-refractivity contribution in [2.24, 2.45) is 0 Å². The molecule has 0 spiro atoms. The number of rotatable bonds is 7. The van der Waals surface area contributed by atoms with Gasteiger partial charge in [0.05, 0.1) is 18.4 Å². The number of amides is 2. The topological polar surface area (TPSA) is 95.9 Å². The molecule has 0 aliphatic carbocycles. The van der Waals surface area contributed by atoms with E-state index in [0.29, 0.717) is 20.6 Å². The van der Waals surface area contributed by atoms with Crippen LogP contribution in [0.1, 0.15) is 10.4 Å². The molecule has 3 aromatic carbocycles. The van der Waals surface area contributed by atoms with Crippen LogP contribution in [0.15, 0.2) is 82.2 Å². The summed E-state index contributed by atoms with van der Waals surface area (Å²) in [6.07, 6.45) is 0. The Morgan fingerprint density at radius 1 is 0.971 bits per heavy atom. The SMILES string of the molecule is COc1ccc(Cl)cc1N1C(=O)C(Nc2cccc(C(=O)O)c2)=C(Sc2ccc(Cl)cc2)C1=O. The number of hydrogen-bond acceptors (Lipinski definition) is 6. The zero-order valence-electron chi connectivity index (χ0n) is 17.5. The molecule has 0 saturated heterocycles. The normalized spacial score (nSPS) is 13.4. The third-order valence-electron chi connectivity index (χ3n) is 4.84. The van der Waals surface area contributed by atoms with E-state index < -0.39 is 17.8 Å². The van der Waals surface area contributed by atoms with Crippen molar-refractivity contribution in [1.82, 2.24) is 0 Å². The molecule has 34 heavy (non-hydrogen) atoms. The molecule has 0 aromatic heterocycles. The van der Waals surface area contributed by atoms with Crippen molar-refractivity contribution in [3.05, 3.63) is 92.9 Å². The van der Waals surface area contributed by atoms with E-state index in [2.05, 4.69) is 5.32 Å². The number of carbonyl (C=O) groups is 3. The Bertz CT molecular complexity index is 1340. The molecule has 4 rings (SSSR count). The summed E-state index contributed by atoms with van der Waals surface area (Å²) < 4.78 is 5.34. The second kappa shape index (κ2) is 9.80. The molecule has 2 N–H and O–H groups in total. The van der Waals surface area contributed by atoms with Crippen molar-refractivity contribution in [2.45, 2.75) is 4.90 Å². The summed E-state index contributed by atoms with van der Waals surface area (Å²) in [4.78, 5) is 40.2. The van der Waals surface area contributed by atoms with Gasteiger partial charge in [0.25, 0.3) is 11.8 Å². The van der Waals surface area contributed by atoms with E-state index in [1.54, 1.807) is 42.5 Å². The standard InChI is InChI=1S/C24H16Cl2N2O5S/c1-33-19-10-7-15(26)12-18(19)28-22(29)20(27-16-4-2-3-13(11-16)24(31)32)21(23(28)30)34-17-8-5-14(25)6-9-17/h2-12,27H,1H3,(H,31,32). The van der Waals surface area contributed by atoms with Gasteiger partial charge in [0.1, 0.15) is 16.4 Å². The molecule has 10 heteroatoms. The molecule has 0 saturated carbocycles. The van der Waals surface area contributed by atoms with E-state index in [9.17, 15) is 19.5 Å². The van der Waals surface area contributed by atoms with E-state index in [0.717, 1.165) is 16.7 Å². The number of thioether (sulfide) groups is 1. The van der Waals surface area contributed by atoms with Gasteiger partial charge in [0.15, 0.2) is 0 Å². The van der Waals surface area contributed by atoms with Crippen LogP contribution in [0.5, 0.6) is 5.75 Å². The fourth-order valence-electron chi connectivity index (χ4n) is 3.27. The second-order valence-corrected chi connectivity index (χ2v) is 8.99. The van der Waals surface area contributed by atoms with Crippen molar-refractivity contribution < 1.29 is 24.2 Å². The zero-order chi connectivity index (χ0) is 24.4. The first-order valence-electron chi connectivity index (χ1n) is 9.79. The van der Waals surface area contributed by atoms with Crippen molar-refractivity contribution >= 4 is 64.1 Å². The Labute approximate surface area is 208 Å². The Hall–Kier alpha value is -3.46. The molecule has 2 amide bonds. The number of ether oxygens (including phenoxy) is 1. The zero-order valence-corrected chi connectivity index (χ0v) is 19.9. The highest BCUT2D eigenvalue weighted by Crippen LogP contribution is 2.41. The minimum absolute atomic E-state index is 0.00508. The predicted molar refractivity (Wildman–Crippen MR) is 132 cm³/mol. The van der Waals surface area contributed by atoms with Crippen LogP contribution in [0, 0.1) is 0 Å². The summed E-state index contributed by atoms with van der Waals surface area (Å²) in [6, 6.07) is 17.4. The van der Waals surface area contributed by atoms with Crippen LogP contribution < -0.4 is 15.0 Å². The third kappa shape index (κ3) is 4.75. The van der Waals surface area contributed by atoms with Gasteiger partial charge >= 0.3 is 5.97 Å². The number of nitrogens with zero attached hydrogens (tertiary/aromatic N) is 1. The fourth-order valence-corrected chi connectivity index (χ4v) is 4.49. The van der Waals surface area contributed by atoms with Crippen LogP contribution in [0.4, 0.5) is 11.4 Å². The number of hydrogen-bond donors (Lipinski definition) is 2. The lowest BCUT2D eigenvalue weighted by Gasteiger charge is -2.18. The molecule has 0 unspecified atom stereocenters. The number of halogens is 2. The minimum Gasteiger partial charge on any atom is -0.495 e. The summed E-state index contributed by atoms with van der Waals surface area (Å²) in [6.45, 7) is 0. The quantitative estimate of drug-likeness (QED) is 0.391. The van der Waals surface area contributed by atoms with Gasteiger partial charge < -0.3 is 15.2 Å². The first-order valence-corrected chi connectivity index (χ1v) is 11.4. The second-order valence-electron chi connectivity index (χ2n) is 7.03. The number of imide groups is 1. The number of methoxy groups -OCH3 is 1. The van der Waals surface area contributed by atoms with Gasteiger partial charge in [-0.15, -0.1) is 0 Å². The third-order valence-corrected chi connectivity index (χ3v) is 6.41. The lowest BCUT2D eigenvalue weighted by Crippen LogP contribution is -2.32. The molecule has 1 aliphatic heterocycles. The number of anilines is 2. The van der Waals surface area contributed by atoms with Crippen molar-refractivity contribution in [1.29, 1.82) is 0 Å². The van der Waals surface area contributed by atoms with Crippen LogP contribution >= 0.6 is 35.0 Å². The molecule has 0 atom stereocenters. The molecule has 172 valence electrons. The molecule has 0 bridgehead atoms. The Balaban J connectivity index is 1.79. The summed E-state index contributed by atoms with van der Waals surface area (Å²) in [5.74, 6) is -2.05. The predicted octanol–water partition coefficient (Wildman–Crippen LogP) is 5.69. The maximum absolute atomic E-state index is 13.5. The van der Waals surface area contributed by atoms with Gasteiger partial charge in [-0.2, -0.15) is 0 Å². The van der Waals surface area contributed by atoms with Gasteiger partial charge in [-0.25, -0.2) is 9.69 Å². The van der Waals surface area contributed by atoms with E-state index in [1.807, 2.05) is 0 Å². The first-order chi connectivity index (χ1) is 16.3. The van der Waals surface area contributed by atoms with Gasteiger partial charge in [-0.1, -0.05) is 41.0 Å². The maximum atomic E-state index is 13.5. The molecule has 3 aromatic rings. The van der Waals surface area contributed by atoms with Crippen LogP contribution in [-0.4, -0.2) is 30.0 Å². The molecule has 1 aliphatic rings.